The minimum absolute atomic E-state index is 0. The van der Waals surface area contributed by atoms with Crippen LogP contribution >= 0.6 is 24.8 Å². The summed E-state index contributed by atoms with van der Waals surface area (Å²) < 4.78 is 5.95. The van der Waals surface area contributed by atoms with E-state index in [2.05, 4.69) is 22.3 Å². The smallest absolute Gasteiger partial charge is 0.127 e. The molecule has 1 atom stereocenters. The Morgan fingerprint density at radius 2 is 1.47 bits per heavy atom. The van der Waals surface area contributed by atoms with Gasteiger partial charge in [-0.3, -0.25) is 0 Å². The fourth-order valence-corrected chi connectivity index (χ4v) is 4.64. The number of benzene rings is 2. The van der Waals surface area contributed by atoms with E-state index in [1.54, 1.807) is 0 Å². The molecule has 2 aromatic rings. The van der Waals surface area contributed by atoms with Crippen LogP contribution in [0.5, 0.6) is 11.5 Å². The summed E-state index contributed by atoms with van der Waals surface area (Å²) in [5.41, 5.74) is 0.633. The van der Waals surface area contributed by atoms with Gasteiger partial charge in [-0.1, -0.05) is 49.6 Å². The van der Waals surface area contributed by atoms with Crippen LogP contribution in [-0.4, -0.2) is 48.3 Å². The Morgan fingerprint density at radius 3 is 2.10 bits per heavy atom. The zero-order chi connectivity index (χ0) is 19.2. The first kappa shape index (κ1) is 25.0. The van der Waals surface area contributed by atoms with E-state index in [-0.39, 0.29) is 30.7 Å². The van der Waals surface area contributed by atoms with Gasteiger partial charge in [-0.15, -0.1) is 24.8 Å². The Labute approximate surface area is 192 Å². The maximum absolute atomic E-state index is 11.5. The Balaban J connectivity index is 0.00000160. The molecule has 2 aromatic carbocycles. The Hall–Kier alpha value is -1.30. The molecule has 0 bridgehead atoms. The van der Waals surface area contributed by atoms with E-state index in [0.29, 0.717) is 0 Å². The number of nitrogens with zero attached hydrogens (tertiary/aromatic N) is 1. The third-order valence-electron chi connectivity index (χ3n) is 6.28. The predicted octanol–water partition coefficient (Wildman–Crippen LogP) is 5.01. The molecule has 166 valence electrons. The van der Waals surface area contributed by atoms with Crippen molar-refractivity contribution in [1.29, 1.82) is 0 Å². The van der Waals surface area contributed by atoms with Crippen molar-refractivity contribution in [1.82, 2.24) is 10.2 Å². The molecule has 0 amide bonds. The highest BCUT2D eigenvalue weighted by Crippen LogP contribution is 2.41. The van der Waals surface area contributed by atoms with Gasteiger partial charge in [0.25, 0.3) is 0 Å². The van der Waals surface area contributed by atoms with Crippen molar-refractivity contribution in [3.63, 3.8) is 0 Å². The average Bonchev–Trinajstić information content (AvgIpc) is 2.75. The first-order valence-electron chi connectivity index (χ1n) is 10.7. The molecule has 1 aliphatic heterocycles. The third-order valence-corrected chi connectivity index (χ3v) is 6.28. The molecular weight excluding hydrogens is 419 g/mol. The van der Waals surface area contributed by atoms with Gasteiger partial charge in [0.1, 0.15) is 11.5 Å². The number of nitrogens with one attached hydrogen (secondary N) is 1. The molecule has 4 rings (SSSR count). The lowest BCUT2D eigenvalue weighted by atomic mass is 9.72. The molecule has 4 nitrogen and oxygen atoms in total. The van der Waals surface area contributed by atoms with Gasteiger partial charge in [-0.25, -0.2) is 0 Å². The summed E-state index contributed by atoms with van der Waals surface area (Å²) in [7, 11) is 0. The maximum Gasteiger partial charge on any atom is 0.127 e. The molecule has 0 spiro atoms. The number of halogens is 2. The van der Waals surface area contributed by atoms with Gasteiger partial charge in [0, 0.05) is 38.6 Å². The highest BCUT2D eigenvalue weighted by Gasteiger charge is 2.39. The van der Waals surface area contributed by atoms with Crippen LogP contribution < -0.4 is 10.1 Å². The van der Waals surface area contributed by atoms with Gasteiger partial charge >= 0.3 is 0 Å². The lowest BCUT2D eigenvalue weighted by Gasteiger charge is -2.42. The fraction of sp³-hybridized carbons (Fsp3) is 0.500. The van der Waals surface area contributed by atoms with Crippen molar-refractivity contribution in [3.8, 4) is 11.5 Å². The van der Waals surface area contributed by atoms with Gasteiger partial charge in [-0.05, 0) is 42.7 Å². The van der Waals surface area contributed by atoms with Crippen molar-refractivity contribution in [2.24, 2.45) is 0 Å². The summed E-state index contributed by atoms with van der Waals surface area (Å²) in [6.07, 6.45) is 5.32. The number of ether oxygens (including phenoxy) is 1. The van der Waals surface area contributed by atoms with E-state index in [1.165, 1.54) is 12.0 Å². The van der Waals surface area contributed by atoms with Crippen molar-refractivity contribution in [3.05, 3.63) is 60.2 Å². The SMILES string of the molecule is Cl.Cl.OC1(C(CN2CCNCC2)c2ccc(Oc3ccccc3)cc2)CCCCC1. The number of para-hydroxylation sites is 1. The van der Waals surface area contributed by atoms with E-state index < -0.39 is 5.60 Å². The van der Waals surface area contributed by atoms with Crippen LogP contribution in [0.15, 0.2) is 54.6 Å². The van der Waals surface area contributed by atoms with Gasteiger partial charge in [0.2, 0.25) is 0 Å². The van der Waals surface area contributed by atoms with E-state index in [0.717, 1.165) is 69.9 Å². The van der Waals surface area contributed by atoms with Gasteiger partial charge in [-0.2, -0.15) is 0 Å². The number of rotatable bonds is 6. The lowest BCUT2D eigenvalue weighted by Crippen LogP contribution is -2.49. The molecule has 6 heteroatoms. The first-order chi connectivity index (χ1) is 13.7. The normalized spacial score (nSPS) is 19.8. The van der Waals surface area contributed by atoms with E-state index >= 15 is 0 Å². The molecule has 2 aliphatic rings. The van der Waals surface area contributed by atoms with Crippen LogP contribution in [-0.2, 0) is 0 Å². The number of aliphatic hydroxyl groups is 1. The number of hydrogen-bond acceptors (Lipinski definition) is 4. The summed E-state index contributed by atoms with van der Waals surface area (Å²) >= 11 is 0. The monoisotopic (exact) mass is 452 g/mol. The topological polar surface area (TPSA) is 44.7 Å². The summed E-state index contributed by atoms with van der Waals surface area (Å²) in [6.45, 7) is 5.12. The third kappa shape index (κ3) is 6.35. The molecule has 1 saturated heterocycles. The molecule has 1 unspecified atom stereocenters. The molecular formula is C24H34Cl2N2O2. The zero-order valence-corrected chi connectivity index (χ0v) is 19.1. The van der Waals surface area contributed by atoms with Crippen LogP contribution in [0.25, 0.3) is 0 Å². The van der Waals surface area contributed by atoms with Gasteiger partial charge < -0.3 is 20.1 Å². The lowest BCUT2D eigenvalue weighted by molar-refractivity contribution is -0.0316. The standard InChI is InChI=1S/C24H32N2O2.2ClH/c27-24(13-5-2-6-14-24)23(19-26-17-15-25-16-18-26)20-9-11-22(12-10-20)28-21-7-3-1-4-8-21;;/h1,3-4,7-12,23,25,27H,2,5-6,13-19H2;2*1H. The Morgan fingerprint density at radius 1 is 0.867 bits per heavy atom. The molecule has 1 aliphatic carbocycles. The van der Waals surface area contributed by atoms with E-state index in [4.69, 9.17) is 4.74 Å². The van der Waals surface area contributed by atoms with Crippen molar-refractivity contribution < 1.29 is 9.84 Å². The summed E-state index contributed by atoms with van der Waals surface area (Å²) in [5.74, 6) is 1.83. The second-order valence-electron chi connectivity index (χ2n) is 8.25. The van der Waals surface area contributed by atoms with Crippen LogP contribution in [0, 0.1) is 0 Å². The predicted molar refractivity (Wildman–Crippen MR) is 128 cm³/mol. The number of piperazine rings is 1. The van der Waals surface area contributed by atoms with Crippen molar-refractivity contribution in [2.45, 2.75) is 43.6 Å². The van der Waals surface area contributed by atoms with Gasteiger partial charge in [0.05, 0.1) is 5.60 Å². The molecule has 0 aromatic heterocycles. The summed E-state index contributed by atoms with van der Waals surface area (Å²) in [4.78, 5) is 2.50. The highest BCUT2D eigenvalue weighted by atomic mass is 35.5. The van der Waals surface area contributed by atoms with Crippen molar-refractivity contribution in [2.75, 3.05) is 32.7 Å². The average molecular weight is 453 g/mol. The molecule has 2 N–H and O–H groups in total. The summed E-state index contributed by atoms with van der Waals surface area (Å²) in [6, 6.07) is 18.3. The summed E-state index contributed by atoms with van der Waals surface area (Å²) in [5, 5.41) is 15.0. The molecule has 0 radical (unpaired) electrons. The first-order valence-corrected chi connectivity index (χ1v) is 10.7. The van der Waals surface area contributed by atoms with Gasteiger partial charge in [0.15, 0.2) is 0 Å². The van der Waals surface area contributed by atoms with E-state index in [9.17, 15) is 5.11 Å². The fourth-order valence-electron chi connectivity index (χ4n) is 4.64. The highest BCUT2D eigenvalue weighted by molar-refractivity contribution is 5.85. The zero-order valence-electron chi connectivity index (χ0n) is 17.5. The minimum Gasteiger partial charge on any atom is -0.457 e. The quantitative estimate of drug-likeness (QED) is 0.646. The molecule has 1 saturated carbocycles. The van der Waals surface area contributed by atoms with Crippen LogP contribution in [0.3, 0.4) is 0 Å². The minimum atomic E-state index is -0.592. The molecule has 1 heterocycles. The largest absolute Gasteiger partial charge is 0.457 e. The Bertz CT molecular complexity index is 731. The van der Waals surface area contributed by atoms with Crippen LogP contribution in [0.1, 0.15) is 43.6 Å². The van der Waals surface area contributed by atoms with Crippen LogP contribution in [0.4, 0.5) is 0 Å². The molecule has 2 fully saturated rings. The number of hydrogen-bond donors (Lipinski definition) is 2. The second kappa shape index (κ2) is 11.9. The Kier molecular flexibility index (Phi) is 9.92. The van der Waals surface area contributed by atoms with Crippen molar-refractivity contribution >= 4 is 24.8 Å². The maximum atomic E-state index is 11.5. The van der Waals surface area contributed by atoms with E-state index in [1.807, 2.05) is 42.5 Å². The second-order valence-corrected chi connectivity index (χ2v) is 8.25. The molecule has 30 heavy (non-hydrogen) atoms. The van der Waals surface area contributed by atoms with Crippen LogP contribution in [0.2, 0.25) is 0 Å².